The van der Waals surface area contributed by atoms with E-state index in [0.717, 1.165) is 0 Å². The van der Waals surface area contributed by atoms with Gasteiger partial charge < -0.3 is 9.47 Å². The standard InChI is InChI=1S/C17H18FNO4/c1-9-13(16(20)22-3)15(11-7-5-6-8-12(11)18)14(10(2)19-9)17(21)23-4/h5-8,13,15H,1-4H3/i18-1. The van der Waals surface area contributed by atoms with Crippen LogP contribution >= 0.6 is 0 Å². The third-order valence-corrected chi connectivity index (χ3v) is 3.93. The number of hydrogen-bond acceptors (Lipinski definition) is 5. The van der Waals surface area contributed by atoms with E-state index in [1.807, 2.05) is 0 Å². The van der Waals surface area contributed by atoms with Gasteiger partial charge in [-0.05, 0) is 25.5 Å². The molecule has 122 valence electrons. The maximum atomic E-state index is 14.3. The number of esters is 2. The molecule has 0 radical (unpaired) electrons. The van der Waals surface area contributed by atoms with Crippen molar-refractivity contribution < 1.29 is 23.5 Å². The first kappa shape index (κ1) is 16.9. The van der Waals surface area contributed by atoms with Crippen LogP contribution in [0.3, 0.4) is 0 Å². The predicted octanol–water partition coefficient (Wildman–Crippen LogP) is 2.62. The van der Waals surface area contributed by atoms with Gasteiger partial charge in [0.25, 0.3) is 0 Å². The average Bonchev–Trinajstić information content (AvgIpc) is 2.53. The number of carbonyl (C=O) groups is 2. The molecule has 6 heteroatoms. The Kier molecular flexibility index (Phi) is 4.93. The van der Waals surface area contributed by atoms with Crippen LogP contribution in [0.1, 0.15) is 25.3 Å². The van der Waals surface area contributed by atoms with Crippen LogP contribution in [0.5, 0.6) is 0 Å². The number of halogens is 1. The van der Waals surface area contributed by atoms with Crippen LogP contribution in [0.15, 0.2) is 40.5 Å². The predicted molar refractivity (Wildman–Crippen MR) is 82.5 cm³/mol. The van der Waals surface area contributed by atoms with Crippen molar-refractivity contribution in [1.82, 2.24) is 0 Å². The lowest BCUT2D eigenvalue weighted by molar-refractivity contribution is -0.143. The largest absolute Gasteiger partial charge is 0.468 e. The van der Waals surface area contributed by atoms with Gasteiger partial charge in [0.15, 0.2) is 0 Å². The Balaban J connectivity index is 2.71. The molecule has 1 aliphatic heterocycles. The van der Waals surface area contributed by atoms with Gasteiger partial charge >= 0.3 is 11.9 Å². The number of benzene rings is 1. The van der Waals surface area contributed by atoms with Crippen molar-refractivity contribution in [2.45, 2.75) is 19.8 Å². The maximum absolute atomic E-state index is 14.3. The first-order valence-corrected chi connectivity index (χ1v) is 7.08. The second kappa shape index (κ2) is 6.73. The average molecular weight is 318 g/mol. The molecule has 2 atom stereocenters. The van der Waals surface area contributed by atoms with E-state index in [-0.39, 0.29) is 11.1 Å². The van der Waals surface area contributed by atoms with E-state index in [9.17, 15) is 14.0 Å². The molecule has 23 heavy (non-hydrogen) atoms. The van der Waals surface area contributed by atoms with Crippen molar-refractivity contribution in [3.8, 4) is 0 Å². The molecule has 0 bridgehead atoms. The zero-order chi connectivity index (χ0) is 17.1. The van der Waals surface area contributed by atoms with Crippen LogP contribution in [-0.4, -0.2) is 31.9 Å². The third kappa shape index (κ3) is 3.02. The smallest absolute Gasteiger partial charge is 0.336 e. The molecule has 0 aliphatic carbocycles. The van der Waals surface area contributed by atoms with Crippen molar-refractivity contribution in [3.63, 3.8) is 0 Å². The van der Waals surface area contributed by atoms with Crippen LogP contribution in [0.2, 0.25) is 0 Å². The Morgan fingerprint density at radius 3 is 2.35 bits per heavy atom. The van der Waals surface area contributed by atoms with E-state index in [1.165, 1.54) is 20.3 Å². The number of carbonyl (C=O) groups excluding carboxylic acids is 2. The number of aliphatic imine (C=N–C) groups is 1. The topological polar surface area (TPSA) is 65.0 Å². The maximum Gasteiger partial charge on any atom is 0.336 e. The molecule has 0 fully saturated rings. The minimum atomic E-state index is -0.880. The molecule has 0 spiro atoms. The van der Waals surface area contributed by atoms with Crippen LogP contribution in [0, 0.1) is 11.7 Å². The van der Waals surface area contributed by atoms with Gasteiger partial charge in [0, 0.05) is 17.3 Å². The molecular formula is C17H18FNO4. The molecule has 1 heterocycles. The van der Waals surface area contributed by atoms with Gasteiger partial charge in [-0.2, -0.15) is 0 Å². The number of allylic oxidation sites excluding steroid dienone is 1. The summed E-state index contributed by atoms with van der Waals surface area (Å²) in [4.78, 5) is 28.7. The molecule has 1 aromatic carbocycles. The summed E-state index contributed by atoms with van der Waals surface area (Å²) in [7, 11) is 2.48. The SMILES string of the molecule is COC(=O)C1=C(C)N=C(C)C(C(=O)OC)C1c1ccccc1[18F]. The molecule has 5 nitrogen and oxygen atoms in total. The van der Waals surface area contributed by atoms with Crippen LogP contribution in [-0.2, 0) is 19.1 Å². The highest BCUT2D eigenvalue weighted by Crippen LogP contribution is 2.40. The number of hydrogen-bond donors (Lipinski definition) is 0. The number of methoxy groups -OCH3 is 2. The quantitative estimate of drug-likeness (QED) is 0.804. The summed E-state index contributed by atoms with van der Waals surface area (Å²) in [5.41, 5.74) is 1.27. The number of nitrogens with zero attached hydrogens (tertiary/aromatic N) is 1. The van der Waals surface area contributed by atoms with Gasteiger partial charge in [-0.3, -0.25) is 9.79 Å². The minimum Gasteiger partial charge on any atom is -0.468 e. The fourth-order valence-corrected chi connectivity index (χ4v) is 2.91. The van der Waals surface area contributed by atoms with Crippen molar-refractivity contribution in [2.24, 2.45) is 10.9 Å². The molecule has 1 aliphatic rings. The molecule has 0 saturated heterocycles. The molecule has 2 rings (SSSR count). The van der Waals surface area contributed by atoms with Crippen molar-refractivity contribution in [2.75, 3.05) is 14.2 Å². The fraction of sp³-hybridized carbons (Fsp3) is 0.353. The monoisotopic (exact) mass is 318 g/mol. The second-order valence-electron chi connectivity index (χ2n) is 5.24. The van der Waals surface area contributed by atoms with E-state index in [4.69, 9.17) is 9.47 Å². The van der Waals surface area contributed by atoms with E-state index in [0.29, 0.717) is 11.4 Å². The summed E-state index contributed by atoms with van der Waals surface area (Å²) < 4.78 is 24.0. The number of rotatable bonds is 3. The first-order chi connectivity index (χ1) is 10.9. The lowest BCUT2D eigenvalue weighted by Gasteiger charge is -2.31. The summed E-state index contributed by atoms with van der Waals surface area (Å²) in [6.07, 6.45) is 0. The zero-order valence-electron chi connectivity index (χ0n) is 13.4. The lowest BCUT2D eigenvalue weighted by Crippen LogP contribution is -2.36. The molecule has 2 unspecified atom stereocenters. The summed E-state index contributed by atoms with van der Waals surface area (Å²) in [6, 6.07) is 6.03. The fourth-order valence-electron chi connectivity index (χ4n) is 2.91. The van der Waals surface area contributed by atoms with Crippen LogP contribution < -0.4 is 0 Å². The summed E-state index contributed by atoms with van der Waals surface area (Å²) in [5.74, 6) is -3.44. The van der Waals surface area contributed by atoms with E-state index >= 15 is 0 Å². The summed E-state index contributed by atoms with van der Waals surface area (Å²) in [6.45, 7) is 3.30. The Labute approximate surface area is 133 Å². The minimum absolute atomic E-state index is 0.165. The highest BCUT2D eigenvalue weighted by Gasteiger charge is 2.42. The van der Waals surface area contributed by atoms with Crippen LogP contribution in [0.4, 0.5) is 4.39 Å². The third-order valence-electron chi connectivity index (χ3n) is 3.93. The summed E-state index contributed by atoms with van der Waals surface area (Å²) >= 11 is 0. The molecule has 0 N–H and O–H groups in total. The Morgan fingerprint density at radius 1 is 1.13 bits per heavy atom. The summed E-state index contributed by atoms with van der Waals surface area (Å²) in [5, 5.41) is 0. The molecule has 0 aromatic heterocycles. The Morgan fingerprint density at radius 2 is 1.78 bits per heavy atom. The van der Waals surface area contributed by atoms with Gasteiger partial charge in [-0.15, -0.1) is 0 Å². The van der Waals surface area contributed by atoms with E-state index in [1.54, 1.807) is 32.0 Å². The van der Waals surface area contributed by atoms with Crippen molar-refractivity contribution in [1.29, 1.82) is 0 Å². The lowest BCUT2D eigenvalue weighted by atomic mass is 9.75. The first-order valence-electron chi connectivity index (χ1n) is 7.08. The van der Waals surface area contributed by atoms with Gasteiger partial charge in [-0.1, -0.05) is 18.2 Å². The van der Waals surface area contributed by atoms with E-state index in [2.05, 4.69) is 4.99 Å². The van der Waals surface area contributed by atoms with Crippen molar-refractivity contribution >= 4 is 17.7 Å². The van der Waals surface area contributed by atoms with Gasteiger partial charge in [0.1, 0.15) is 11.7 Å². The van der Waals surface area contributed by atoms with Gasteiger partial charge in [0.2, 0.25) is 0 Å². The molecule has 0 amide bonds. The highest BCUT2D eigenvalue weighted by atomic mass is 18.2. The second-order valence-corrected chi connectivity index (χ2v) is 5.24. The van der Waals surface area contributed by atoms with Crippen molar-refractivity contribution in [3.05, 3.63) is 46.9 Å². The highest BCUT2D eigenvalue weighted by molar-refractivity contribution is 6.06. The van der Waals surface area contributed by atoms with Gasteiger partial charge in [-0.25, -0.2) is 9.18 Å². The van der Waals surface area contributed by atoms with E-state index < -0.39 is 29.6 Å². The Bertz CT molecular complexity index is 708. The molecular weight excluding hydrogens is 300 g/mol. The Hall–Kier alpha value is -2.50. The molecule has 1 aromatic rings. The van der Waals surface area contributed by atoms with Gasteiger partial charge in [0.05, 0.1) is 19.8 Å². The normalized spacial score (nSPS) is 20.8. The zero-order valence-corrected chi connectivity index (χ0v) is 13.4. The van der Waals surface area contributed by atoms with Crippen LogP contribution in [0.25, 0.3) is 0 Å². The number of ether oxygens (including phenoxy) is 2. The molecule has 0 saturated carbocycles.